The third kappa shape index (κ3) is 9.30. The average molecular weight is 812 g/mol. The Morgan fingerprint density at radius 1 is 1.02 bits per heavy atom. The number of pyridine rings is 1. The number of hydrogen-bond donors (Lipinski definition) is 2. The second-order valence-electron chi connectivity index (χ2n) is 15.9. The summed E-state index contributed by atoms with van der Waals surface area (Å²) in [4.78, 5) is 59.0. The molecular weight excluding hydrogens is 764 g/mol. The number of benzene rings is 1. The maximum Gasteiger partial charge on any atom is 0.419 e. The van der Waals surface area contributed by atoms with Gasteiger partial charge in [0.2, 0.25) is 17.7 Å². The lowest BCUT2D eigenvalue weighted by atomic mass is 9.89. The molecule has 2 N–H and O–H groups in total. The van der Waals surface area contributed by atoms with Crippen molar-refractivity contribution in [1.29, 1.82) is 5.26 Å². The number of carbonyl (C=O) groups excluding carboxylic acids is 4. The summed E-state index contributed by atoms with van der Waals surface area (Å²) in [5.41, 5.74) is -1.78. The predicted octanol–water partition coefficient (Wildman–Crippen LogP) is 5.43. The van der Waals surface area contributed by atoms with Gasteiger partial charge in [-0.1, -0.05) is 12.1 Å². The first-order valence-corrected chi connectivity index (χ1v) is 19.8. The summed E-state index contributed by atoms with van der Waals surface area (Å²) in [5.74, 6) is -1.53. The second-order valence-corrected chi connectivity index (χ2v) is 16.2. The Morgan fingerprint density at radius 3 is 2.25 bits per heavy atom. The van der Waals surface area contributed by atoms with Crippen molar-refractivity contribution >= 4 is 52.3 Å². The van der Waals surface area contributed by atoms with Gasteiger partial charge in [0.15, 0.2) is 10.8 Å². The van der Waals surface area contributed by atoms with Crippen molar-refractivity contribution in [3.8, 4) is 6.07 Å². The average Bonchev–Trinajstić information content (AvgIpc) is 3.33. The van der Waals surface area contributed by atoms with Crippen molar-refractivity contribution in [2.24, 2.45) is 0 Å². The topological polar surface area (TPSA) is 157 Å². The van der Waals surface area contributed by atoms with Gasteiger partial charge in [-0.2, -0.15) is 18.4 Å². The van der Waals surface area contributed by atoms with Gasteiger partial charge in [-0.25, -0.2) is 4.98 Å². The quantitative estimate of drug-likeness (QED) is 0.170. The first kappa shape index (κ1) is 42.1. The molecule has 4 fully saturated rings. The van der Waals surface area contributed by atoms with Crippen LogP contribution in [0.3, 0.4) is 0 Å². The first-order valence-electron chi connectivity index (χ1n) is 19.4. The van der Waals surface area contributed by atoms with Crippen LogP contribution in [-0.2, 0) is 34.8 Å². The lowest BCUT2D eigenvalue weighted by molar-refractivity contribution is -0.138. The summed E-state index contributed by atoms with van der Waals surface area (Å²) in [6.45, 7) is 8.65. The maximum atomic E-state index is 13.7. The molecule has 1 aliphatic carbocycles. The van der Waals surface area contributed by atoms with Gasteiger partial charge in [-0.05, 0) is 109 Å². The minimum Gasteiger partial charge on any atom is -0.376 e. The number of anilines is 2. The number of piperidine rings is 2. The highest BCUT2D eigenvalue weighted by molar-refractivity contribution is 7.80. The van der Waals surface area contributed by atoms with Crippen LogP contribution in [0, 0.1) is 11.3 Å². The van der Waals surface area contributed by atoms with Crippen LogP contribution >= 0.6 is 12.2 Å². The van der Waals surface area contributed by atoms with Gasteiger partial charge in [0, 0.05) is 30.2 Å². The summed E-state index contributed by atoms with van der Waals surface area (Å²) >= 11 is 5.69. The molecule has 3 saturated heterocycles. The Bertz CT molecular complexity index is 1900. The highest BCUT2D eigenvalue weighted by Crippen LogP contribution is 2.40. The molecule has 0 bridgehead atoms. The fourth-order valence-electron chi connectivity index (χ4n) is 8.62. The van der Waals surface area contributed by atoms with Crippen LogP contribution in [0.2, 0.25) is 0 Å². The molecule has 17 heteroatoms. The highest BCUT2D eigenvalue weighted by Gasteiger charge is 2.53. The van der Waals surface area contributed by atoms with Crippen LogP contribution in [0.1, 0.15) is 102 Å². The number of alkyl halides is 3. The minimum absolute atomic E-state index is 0.0140. The van der Waals surface area contributed by atoms with Gasteiger partial charge in [-0.3, -0.25) is 34.3 Å². The molecule has 0 radical (unpaired) electrons. The van der Waals surface area contributed by atoms with Crippen molar-refractivity contribution in [2.75, 3.05) is 30.0 Å². The SMILES string of the molecule is C[C@@H]1CC(OCCO[C@H]2CC[C@H](N3C(=S)N(c4cnc(C#N)c(C(F)(F)F)c4)C(=O)C3(C)C)CC2)C[C@H](C)N1CC(=O)Nc1ccc(C2CCC(=O)NC2=O)cc1. The number of nitriles is 1. The van der Waals surface area contributed by atoms with Gasteiger partial charge in [0.25, 0.3) is 5.91 Å². The number of hydrogen-bond acceptors (Lipinski definition) is 10. The van der Waals surface area contributed by atoms with Crippen molar-refractivity contribution in [1.82, 2.24) is 20.1 Å². The van der Waals surface area contributed by atoms with Crippen molar-refractivity contribution in [3.63, 3.8) is 0 Å². The van der Waals surface area contributed by atoms with E-state index in [1.54, 1.807) is 26.0 Å². The fraction of sp³-hybridized carbons (Fsp3) is 0.575. The number of likely N-dealkylation sites (tertiary alicyclic amines) is 1. The zero-order chi connectivity index (χ0) is 41.2. The maximum absolute atomic E-state index is 13.7. The van der Waals surface area contributed by atoms with Gasteiger partial charge in [0.1, 0.15) is 11.6 Å². The van der Waals surface area contributed by atoms with Gasteiger partial charge in [0.05, 0.1) is 55.3 Å². The molecule has 1 aromatic carbocycles. The van der Waals surface area contributed by atoms with Gasteiger partial charge >= 0.3 is 6.18 Å². The number of halogens is 3. The lowest BCUT2D eigenvalue weighted by Gasteiger charge is -2.42. The van der Waals surface area contributed by atoms with E-state index in [0.29, 0.717) is 57.4 Å². The molecule has 3 aliphatic heterocycles. The molecule has 4 amide bonds. The second kappa shape index (κ2) is 17.2. The number of nitrogens with one attached hydrogen (secondary N) is 2. The molecule has 1 saturated carbocycles. The molecule has 13 nitrogen and oxygen atoms in total. The Kier molecular flexibility index (Phi) is 12.7. The van der Waals surface area contributed by atoms with E-state index in [2.05, 4.69) is 34.4 Å². The van der Waals surface area contributed by atoms with Crippen LogP contribution in [0.15, 0.2) is 36.5 Å². The minimum atomic E-state index is -4.83. The Balaban J connectivity index is 0.918. The van der Waals surface area contributed by atoms with E-state index in [1.165, 1.54) is 6.07 Å². The number of amides is 4. The largest absolute Gasteiger partial charge is 0.419 e. The number of ether oxygens (including phenoxy) is 2. The summed E-state index contributed by atoms with van der Waals surface area (Å²) in [5, 5.41) is 14.6. The van der Waals surface area contributed by atoms with Crippen molar-refractivity contribution in [2.45, 2.75) is 127 Å². The van der Waals surface area contributed by atoms with E-state index in [4.69, 9.17) is 27.0 Å². The van der Waals surface area contributed by atoms with Crippen LogP contribution in [0.5, 0.6) is 0 Å². The highest BCUT2D eigenvalue weighted by atomic mass is 32.1. The van der Waals surface area contributed by atoms with E-state index in [-0.39, 0.29) is 71.3 Å². The molecule has 4 atom stereocenters. The number of imide groups is 1. The molecule has 1 aromatic heterocycles. The van der Waals surface area contributed by atoms with Crippen LogP contribution in [0.4, 0.5) is 24.5 Å². The van der Waals surface area contributed by atoms with Crippen LogP contribution < -0.4 is 15.5 Å². The number of nitrogens with zero attached hydrogens (tertiary/aromatic N) is 5. The number of thiocarbonyl (C=S) groups is 1. The molecule has 4 aliphatic rings. The van der Waals surface area contributed by atoms with E-state index < -0.39 is 28.9 Å². The van der Waals surface area contributed by atoms with Crippen molar-refractivity contribution < 1.29 is 41.8 Å². The van der Waals surface area contributed by atoms with E-state index in [1.807, 2.05) is 17.0 Å². The Morgan fingerprint density at radius 2 is 1.65 bits per heavy atom. The van der Waals surface area contributed by atoms with Crippen molar-refractivity contribution in [3.05, 3.63) is 53.3 Å². The summed E-state index contributed by atoms with van der Waals surface area (Å²) in [6, 6.07) is 9.48. The Hall–Kier alpha value is -4.50. The Labute approximate surface area is 335 Å². The standard InChI is InChI=1S/C40H48F3N7O6S/c1-23-17-30(18-24(2)48(23)22-35(52)46-26-7-5-25(6-8-26)31-13-14-34(51)47-36(31)53)56-16-15-55-29-11-9-27(10-12-29)50-38(57)49(37(54)39(50,3)4)28-19-32(40(41,42)43)33(20-44)45-21-28/h5-8,19,21,23-24,27,29-31H,9-18,22H2,1-4H3,(H,46,52)(H,47,51,53)/t23-,24+,27-,29-,30?,31?. The van der Waals surface area contributed by atoms with Gasteiger partial charge < -0.3 is 19.7 Å². The van der Waals surface area contributed by atoms with E-state index in [9.17, 15) is 32.3 Å². The van der Waals surface area contributed by atoms with Gasteiger partial charge in [-0.15, -0.1) is 0 Å². The molecule has 4 heterocycles. The molecule has 2 unspecified atom stereocenters. The predicted molar refractivity (Wildman–Crippen MR) is 207 cm³/mol. The number of rotatable bonds is 11. The molecule has 2 aromatic rings. The third-order valence-electron chi connectivity index (χ3n) is 11.6. The summed E-state index contributed by atoms with van der Waals surface area (Å²) < 4.78 is 53.4. The molecule has 306 valence electrons. The molecule has 0 spiro atoms. The summed E-state index contributed by atoms with van der Waals surface area (Å²) in [6.07, 6.45) is 1.31. The molecule has 6 rings (SSSR count). The fourth-order valence-corrected chi connectivity index (χ4v) is 9.18. The lowest BCUT2D eigenvalue weighted by Crippen LogP contribution is -2.51. The van der Waals surface area contributed by atoms with E-state index in [0.717, 1.165) is 35.6 Å². The molecule has 57 heavy (non-hydrogen) atoms. The smallest absolute Gasteiger partial charge is 0.376 e. The monoisotopic (exact) mass is 811 g/mol. The molecular formula is C40H48F3N7O6S. The third-order valence-corrected chi connectivity index (χ3v) is 11.9. The normalized spacial score (nSPS) is 27.0. The van der Waals surface area contributed by atoms with Crippen LogP contribution in [-0.4, -0.2) is 99.2 Å². The number of carbonyl (C=O) groups is 4. The summed E-state index contributed by atoms with van der Waals surface area (Å²) in [7, 11) is 0. The number of aromatic nitrogens is 1. The van der Waals surface area contributed by atoms with E-state index >= 15 is 0 Å². The zero-order valence-electron chi connectivity index (χ0n) is 32.4. The zero-order valence-corrected chi connectivity index (χ0v) is 33.3. The van der Waals surface area contributed by atoms with Crippen LogP contribution in [0.25, 0.3) is 0 Å². The first-order chi connectivity index (χ1) is 27.0.